The maximum atomic E-state index is 11.8. The van der Waals surface area contributed by atoms with Crippen LogP contribution in [-0.2, 0) is 9.53 Å². The van der Waals surface area contributed by atoms with Crippen molar-refractivity contribution in [2.24, 2.45) is 0 Å². The summed E-state index contributed by atoms with van der Waals surface area (Å²) in [6, 6.07) is 6.17. The van der Waals surface area contributed by atoms with Gasteiger partial charge >= 0.3 is 5.97 Å². The highest BCUT2D eigenvalue weighted by molar-refractivity contribution is 5.93. The van der Waals surface area contributed by atoms with Gasteiger partial charge in [0.1, 0.15) is 22.8 Å². The second kappa shape index (κ2) is 7.30. The SMILES string of the molecule is COC(=O)c1ccc(OC)cc1OCC(=O)Nc1cc(C)on1. The number of esters is 1. The number of rotatable bonds is 6. The molecule has 122 valence electrons. The number of aromatic nitrogens is 1. The van der Waals surface area contributed by atoms with Crippen molar-refractivity contribution < 1.29 is 28.3 Å². The lowest BCUT2D eigenvalue weighted by Crippen LogP contribution is -2.21. The van der Waals surface area contributed by atoms with Gasteiger partial charge in [-0.1, -0.05) is 5.16 Å². The maximum Gasteiger partial charge on any atom is 0.341 e. The molecule has 1 aromatic heterocycles. The van der Waals surface area contributed by atoms with Crippen molar-refractivity contribution in [2.45, 2.75) is 6.92 Å². The lowest BCUT2D eigenvalue weighted by Gasteiger charge is -2.11. The van der Waals surface area contributed by atoms with Crippen LogP contribution in [0.1, 0.15) is 16.1 Å². The number of nitrogens with zero attached hydrogens (tertiary/aromatic N) is 1. The molecule has 0 saturated carbocycles. The first-order chi connectivity index (χ1) is 11.0. The molecule has 1 N–H and O–H groups in total. The van der Waals surface area contributed by atoms with Crippen LogP contribution in [0.15, 0.2) is 28.8 Å². The molecule has 0 aliphatic heterocycles. The van der Waals surface area contributed by atoms with Crippen LogP contribution in [0, 0.1) is 6.92 Å². The smallest absolute Gasteiger partial charge is 0.341 e. The van der Waals surface area contributed by atoms with E-state index in [1.54, 1.807) is 19.1 Å². The van der Waals surface area contributed by atoms with E-state index in [0.29, 0.717) is 11.5 Å². The van der Waals surface area contributed by atoms with Crippen LogP contribution in [0.2, 0.25) is 0 Å². The Hall–Kier alpha value is -3.03. The molecule has 2 aromatic rings. The van der Waals surface area contributed by atoms with Gasteiger partial charge in [-0.05, 0) is 19.1 Å². The van der Waals surface area contributed by atoms with E-state index in [4.69, 9.17) is 14.0 Å². The van der Waals surface area contributed by atoms with Crippen LogP contribution >= 0.6 is 0 Å². The summed E-state index contributed by atoms with van der Waals surface area (Å²) in [6.07, 6.45) is 0. The second-order valence-corrected chi connectivity index (χ2v) is 4.51. The summed E-state index contributed by atoms with van der Waals surface area (Å²) in [4.78, 5) is 23.5. The molecule has 0 spiro atoms. The first-order valence-corrected chi connectivity index (χ1v) is 6.66. The quantitative estimate of drug-likeness (QED) is 0.810. The molecule has 1 heterocycles. The van der Waals surface area contributed by atoms with E-state index in [2.05, 4.69) is 15.2 Å². The maximum absolute atomic E-state index is 11.8. The van der Waals surface area contributed by atoms with Gasteiger partial charge in [0.15, 0.2) is 12.4 Å². The molecule has 2 rings (SSSR count). The van der Waals surface area contributed by atoms with Crippen molar-refractivity contribution in [1.29, 1.82) is 0 Å². The monoisotopic (exact) mass is 320 g/mol. The molecule has 0 radical (unpaired) electrons. The summed E-state index contributed by atoms with van der Waals surface area (Å²) in [6.45, 7) is 1.39. The third-order valence-corrected chi connectivity index (χ3v) is 2.85. The molecule has 0 atom stereocenters. The average Bonchev–Trinajstić information content (AvgIpc) is 2.96. The zero-order valence-corrected chi connectivity index (χ0v) is 12.9. The minimum absolute atomic E-state index is 0.183. The third-order valence-electron chi connectivity index (χ3n) is 2.85. The van der Waals surface area contributed by atoms with Crippen LogP contribution in [0.4, 0.5) is 5.82 Å². The lowest BCUT2D eigenvalue weighted by atomic mass is 10.2. The number of aryl methyl sites for hydroxylation is 1. The summed E-state index contributed by atoms with van der Waals surface area (Å²) >= 11 is 0. The largest absolute Gasteiger partial charge is 0.497 e. The van der Waals surface area contributed by atoms with Gasteiger partial charge in [0, 0.05) is 12.1 Å². The Morgan fingerprint density at radius 3 is 2.65 bits per heavy atom. The molecule has 0 unspecified atom stereocenters. The molecule has 0 bridgehead atoms. The number of benzene rings is 1. The van der Waals surface area contributed by atoms with Gasteiger partial charge in [0.2, 0.25) is 0 Å². The molecule has 0 saturated heterocycles. The summed E-state index contributed by atoms with van der Waals surface area (Å²) in [7, 11) is 2.74. The van der Waals surface area contributed by atoms with Gasteiger partial charge in [0.25, 0.3) is 5.91 Å². The molecule has 23 heavy (non-hydrogen) atoms. The van der Waals surface area contributed by atoms with Crippen molar-refractivity contribution in [3.8, 4) is 11.5 Å². The minimum Gasteiger partial charge on any atom is -0.497 e. The van der Waals surface area contributed by atoms with E-state index in [9.17, 15) is 9.59 Å². The van der Waals surface area contributed by atoms with Crippen LogP contribution in [0.25, 0.3) is 0 Å². The molecular formula is C15H16N2O6. The normalized spacial score (nSPS) is 10.0. The number of methoxy groups -OCH3 is 2. The zero-order chi connectivity index (χ0) is 16.8. The van der Waals surface area contributed by atoms with E-state index >= 15 is 0 Å². The average molecular weight is 320 g/mol. The fraction of sp³-hybridized carbons (Fsp3) is 0.267. The van der Waals surface area contributed by atoms with Gasteiger partial charge in [-0.25, -0.2) is 4.79 Å². The van der Waals surface area contributed by atoms with Crippen molar-refractivity contribution in [3.05, 3.63) is 35.6 Å². The highest BCUT2D eigenvalue weighted by atomic mass is 16.5. The Labute approximate surface area is 132 Å². The Kier molecular flexibility index (Phi) is 5.19. The number of amides is 1. The fourth-order valence-corrected chi connectivity index (χ4v) is 1.78. The van der Waals surface area contributed by atoms with E-state index in [1.807, 2.05) is 0 Å². The lowest BCUT2D eigenvalue weighted by molar-refractivity contribution is -0.118. The number of anilines is 1. The molecular weight excluding hydrogens is 304 g/mol. The van der Waals surface area contributed by atoms with E-state index in [1.165, 1.54) is 26.4 Å². The van der Waals surface area contributed by atoms with Crippen LogP contribution in [-0.4, -0.2) is 37.9 Å². The highest BCUT2D eigenvalue weighted by Crippen LogP contribution is 2.25. The van der Waals surface area contributed by atoms with Crippen LogP contribution in [0.3, 0.4) is 0 Å². The summed E-state index contributed by atoms with van der Waals surface area (Å²) in [5, 5.41) is 6.15. The summed E-state index contributed by atoms with van der Waals surface area (Å²) < 4.78 is 20.0. The second-order valence-electron chi connectivity index (χ2n) is 4.51. The van der Waals surface area contributed by atoms with Crippen LogP contribution in [0.5, 0.6) is 11.5 Å². The predicted octanol–water partition coefficient (Wildman–Crippen LogP) is 1.80. The Bertz CT molecular complexity index is 710. The highest BCUT2D eigenvalue weighted by Gasteiger charge is 2.16. The molecule has 1 amide bonds. The molecule has 1 aromatic carbocycles. The van der Waals surface area contributed by atoms with Crippen LogP contribution < -0.4 is 14.8 Å². The summed E-state index contributed by atoms with van der Waals surface area (Å²) in [5.74, 6) is 0.506. The minimum atomic E-state index is -0.574. The first-order valence-electron chi connectivity index (χ1n) is 6.66. The molecule has 8 heteroatoms. The third kappa shape index (κ3) is 4.22. The number of ether oxygens (including phenoxy) is 3. The molecule has 8 nitrogen and oxygen atoms in total. The summed E-state index contributed by atoms with van der Waals surface area (Å²) in [5.41, 5.74) is 0.193. The topological polar surface area (TPSA) is 99.9 Å². The van der Waals surface area contributed by atoms with Gasteiger partial charge in [0.05, 0.1) is 14.2 Å². The number of carbonyl (C=O) groups is 2. The van der Waals surface area contributed by atoms with Crippen molar-refractivity contribution in [1.82, 2.24) is 5.16 Å². The van der Waals surface area contributed by atoms with Gasteiger partial charge in [-0.3, -0.25) is 4.79 Å². The predicted molar refractivity (Wildman–Crippen MR) is 79.7 cm³/mol. The van der Waals surface area contributed by atoms with Crippen molar-refractivity contribution >= 4 is 17.7 Å². The van der Waals surface area contributed by atoms with Gasteiger partial charge < -0.3 is 24.1 Å². The van der Waals surface area contributed by atoms with Crippen molar-refractivity contribution in [3.63, 3.8) is 0 Å². The number of carbonyl (C=O) groups excluding carboxylic acids is 2. The van der Waals surface area contributed by atoms with Gasteiger partial charge in [-0.2, -0.15) is 0 Å². The molecule has 0 aliphatic carbocycles. The Morgan fingerprint density at radius 2 is 2.04 bits per heavy atom. The number of nitrogens with one attached hydrogen (secondary N) is 1. The number of hydrogen-bond acceptors (Lipinski definition) is 7. The fourth-order valence-electron chi connectivity index (χ4n) is 1.78. The molecule has 0 fully saturated rings. The Morgan fingerprint density at radius 1 is 1.26 bits per heavy atom. The Balaban J connectivity index is 2.06. The van der Waals surface area contributed by atoms with Crippen molar-refractivity contribution in [2.75, 3.05) is 26.1 Å². The zero-order valence-electron chi connectivity index (χ0n) is 12.9. The first kappa shape index (κ1) is 16.3. The van der Waals surface area contributed by atoms with Gasteiger partial charge in [-0.15, -0.1) is 0 Å². The number of hydrogen-bond donors (Lipinski definition) is 1. The standard InChI is InChI=1S/C15H16N2O6/c1-9-6-13(17-23-9)16-14(18)8-22-12-7-10(20-2)4-5-11(12)15(19)21-3/h4-7H,8H2,1-3H3,(H,16,17,18). The van der Waals surface area contributed by atoms with E-state index in [-0.39, 0.29) is 23.7 Å². The van der Waals surface area contributed by atoms with E-state index < -0.39 is 11.9 Å². The van der Waals surface area contributed by atoms with E-state index in [0.717, 1.165) is 0 Å². The molecule has 0 aliphatic rings.